The molecule has 0 unspecified atom stereocenters. The Morgan fingerprint density at radius 2 is 0.660 bits per heavy atom. The van der Waals surface area contributed by atoms with Gasteiger partial charge in [0.05, 0.1) is 105 Å². The van der Waals surface area contributed by atoms with E-state index in [-0.39, 0.29) is 66.3 Å². The standard InChI is InChI=1S/C24H32N2O4.C22H28N2O3.C20H24N2O2.2C12H18N4O4S.C12H18N4O3S2/c1-28-11-12-30-14-13-29-10-4-7-23(27)22(18-25)17-19-15-20-5-2-8-26-9-3-6-21(16-19)24(20)26;1-26-11-12-27-10-4-7-21(25)20(16-23)15-17-13-18-5-2-8-24-9-3-6-19(14-17)22(18)24;1-24-10-4-7-19(23)18(14-21)13-15-11-16-5-2-8-22-9-3-6-17(12-15)20(16)22;1-15(2)21(17,18)10-6-5-9(16(3)7-8-19-4)11-12(10)14-20-13-11;1-15(2)9-5-6-10(12-11(9)13-20-14-12)21(17,18)16(3)7-8-19-4;1-15(2)21(17,18)10-6-5-9(16(3)7-8-19-4)11-12(10)14-20-13-11/h15-17H,2-14H2,1H3;13-15H,2-12H2,1H3;11-13H,2-10H2,1H3;3*5-6H,7-8H2,1-4H3/b22-17+;20-15+;18-13+;;;. The Hall–Kier alpha value is -11.2. The lowest BCUT2D eigenvalue weighted by Gasteiger charge is -2.37. The van der Waals surface area contributed by atoms with E-state index >= 15 is 0 Å². The van der Waals surface area contributed by atoms with Gasteiger partial charge in [0.2, 0.25) is 30.1 Å². The van der Waals surface area contributed by atoms with Crippen LogP contribution in [0.25, 0.3) is 51.3 Å². The number of carbonyl (C=O) groups excluding carboxylic acids is 3. The number of allylic oxidation sites excluding steroid dienone is 3. The van der Waals surface area contributed by atoms with Crippen LogP contribution in [-0.2, 0) is 126 Å². The first-order valence-electron chi connectivity index (χ1n) is 48.4. The van der Waals surface area contributed by atoms with Crippen LogP contribution in [0.3, 0.4) is 0 Å². The Balaban J connectivity index is 0.000000178. The maximum Gasteiger partial charge on any atom is 0.245 e. The van der Waals surface area contributed by atoms with Crippen molar-refractivity contribution >= 4 is 145 Å². The van der Waals surface area contributed by atoms with Crippen LogP contribution in [0, 0.1) is 34.0 Å². The average molecular weight is 2060 g/mol. The highest BCUT2D eigenvalue weighted by Crippen LogP contribution is 2.42. The average Bonchev–Trinajstić information content (AvgIpc) is 1.04. The smallest absolute Gasteiger partial charge is 0.245 e. The monoisotopic (exact) mass is 2060 g/mol. The molecule has 780 valence electrons. The number of hydrogen-bond donors (Lipinski definition) is 0. The number of hydrogen-bond acceptors (Lipinski definition) is 36. The molecular weight excluding hydrogens is 1930 g/mol. The molecule has 6 aromatic carbocycles. The van der Waals surface area contributed by atoms with Gasteiger partial charge >= 0.3 is 0 Å². The lowest BCUT2D eigenvalue weighted by atomic mass is 9.89. The highest BCUT2D eigenvalue weighted by Gasteiger charge is 2.33. The summed E-state index contributed by atoms with van der Waals surface area (Å²) >= 11 is 1.01. The Bertz CT molecular complexity index is 6180. The summed E-state index contributed by atoms with van der Waals surface area (Å²) in [6, 6.07) is 29.0. The van der Waals surface area contributed by atoms with Crippen molar-refractivity contribution in [2.75, 3.05) is 274 Å². The lowest BCUT2D eigenvalue weighted by Crippen LogP contribution is -2.34. The predicted octanol–water partition coefficient (Wildman–Crippen LogP) is 12.0. The van der Waals surface area contributed by atoms with Gasteiger partial charge in [-0.05, 0) is 258 Å². The largest absolute Gasteiger partial charge is 0.385 e. The summed E-state index contributed by atoms with van der Waals surface area (Å²) in [5.74, 6) is -0.325. The van der Waals surface area contributed by atoms with Crippen molar-refractivity contribution < 1.29 is 91.5 Å². The van der Waals surface area contributed by atoms with Crippen LogP contribution < -0.4 is 29.4 Å². The summed E-state index contributed by atoms with van der Waals surface area (Å²) in [4.78, 5) is 50.6. The molecular formula is C102H138N18O20S4. The topological polar surface area (TPSA) is 441 Å². The van der Waals surface area contributed by atoms with Crippen LogP contribution in [0.4, 0.5) is 34.1 Å². The van der Waals surface area contributed by atoms with E-state index in [0.29, 0.717) is 153 Å². The highest BCUT2D eigenvalue weighted by molar-refractivity contribution is 7.90. The molecule has 144 heavy (non-hydrogen) atoms. The number of fused-ring (bicyclic) bond motifs is 3. The first-order valence-corrected chi connectivity index (χ1v) is 53.4. The van der Waals surface area contributed by atoms with Crippen molar-refractivity contribution in [1.82, 2.24) is 42.3 Å². The molecule has 0 saturated carbocycles. The zero-order valence-corrected chi connectivity index (χ0v) is 88.9. The second-order valence-corrected chi connectivity index (χ2v) is 42.6. The van der Waals surface area contributed by atoms with Crippen molar-refractivity contribution in [2.45, 2.75) is 130 Å². The number of ketones is 3. The minimum atomic E-state index is -3.68. The van der Waals surface area contributed by atoms with E-state index in [1.54, 1.807) is 78.0 Å². The van der Waals surface area contributed by atoms with Gasteiger partial charge in [0, 0.05) is 221 Å². The molecule has 0 amide bonds. The molecule has 0 spiro atoms. The SMILES string of the molecule is COCCCC(=O)/C(C#N)=C/c1cc2c3c(c1)CCCN3CCC2.COCCN(C)S(=O)(=O)c1ccc(N(C)C)c2nonc12.COCCN(C)c1ccc(S(=O)(=O)N(C)C)c2nonc12.COCCN(C)c1ccc(S(=O)(=O)N(C)C)c2nsnc12.COCCOCCCC(=O)/C(C#N)=C/c1cc2c3c(c1)CCCN3CCC2.COCCOCCOCCCC(=O)/C(C#N)=C/c1cc2c3c(c1)CCCN3CCC2. The van der Waals surface area contributed by atoms with Gasteiger partial charge in [-0.2, -0.15) is 28.8 Å². The number of benzene rings is 6. The zero-order chi connectivity index (χ0) is 104. The second-order valence-electron chi connectivity index (χ2n) is 35.8. The molecule has 0 N–H and O–H groups in total. The number of carbonyl (C=O) groups is 3. The van der Waals surface area contributed by atoms with Crippen LogP contribution in [0.2, 0.25) is 0 Å². The fourth-order valence-electron chi connectivity index (χ4n) is 17.6. The number of sulfonamides is 3. The van der Waals surface area contributed by atoms with Crippen LogP contribution in [0.5, 0.6) is 0 Å². The van der Waals surface area contributed by atoms with E-state index in [9.17, 15) is 55.4 Å². The predicted molar refractivity (Wildman–Crippen MR) is 557 cm³/mol. The van der Waals surface area contributed by atoms with Crippen LogP contribution in [-0.4, -0.2) is 329 Å². The number of aromatic nitrogens is 6. The summed E-state index contributed by atoms with van der Waals surface area (Å²) < 4.78 is 142. The highest BCUT2D eigenvalue weighted by atomic mass is 32.2. The number of rotatable bonds is 45. The summed E-state index contributed by atoms with van der Waals surface area (Å²) in [5, 5.41) is 43.4. The Labute approximate surface area is 850 Å². The van der Waals surface area contributed by atoms with E-state index in [0.717, 1.165) is 128 Å². The number of methoxy groups -OCH3 is 6. The van der Waals surface area contributed by atoms with Gasteiger partial charge in [-0.3, -0.25) is 14.4 Å². The van der Waals surface area contributed by atoms with E-state index < -0.39 is 30.1 Å². The fraction of sp³-hybridized carbons (Fsp3) is 0.529. The van der Waals surface area contributed by atoms with Gasteiger partial charge in [-0.15, -0.1) is 0 Å². The van der Waals surface area contributed by atoms with Gasteiger partial charge in [0.15, 0.2) is 39.4 Å². The minimum Gasteiger partial charge on any atom is -0.385 e. The first kappa shape index (κ1) is 115. The molecule has 0 radical (unpaired) electrons. The maximum absolute atomic E-state index is 12.6. The Kier molecular flexibility index (Phi) is 45.5. The summed E-state index contributed by atoms with van der Waals surface area (Å²) in [5.41, 5.74) is 20.7. The summed E-state index contributed by atoms with van der Waals surface area (Å²) in [6.07, 6.45) is 21.7. The van der Waals surface area contributed by atoms with Crippen molar-refractivity contribution in [3.05, 3.63) is 140 Å². The molecule has 9 aromatic rings. The number of Topliss-reactive ketones (excluding diaryl/α,β-unsaturated/α-hetero) is 3. The third-order valence-electron chi connectivity index (χ3n) is 25.1. The number of anilines is 6. The van der Waals surface area contributed by atoms with Gasteiger partial charge in [0.25, 0.3) is 0 Å². The van der Waals surface area contributed by atoms with E-state index in [1.165, 1.54) is 152 Å². The fourth-order valence-corrected chi connectivity index (χ4v) is 21.5. The second kappa shape index (κ2) is 57.1. The first-order chi connectivity index (χ1) is 69.3. The summed E-state index contributed by atoms with van der Waals surface area (Å²) in [6.45, 7) is 14.6. The number of aryl methyl sites for hydroxylation is 6. The zero-order valence-electron chi connectivity index (χ0n) is 85.6. The number of nitriles is 3. The molecule has 3 aromatic heterocycles. The molecule has 38 nitrogen and oxygen atoms in total. The van der Waals surface area contributed by atoms with E-state index in [2.05, 4.69) is 98.7 Å². The quantitative estimate of drug-likeness (QED) is 0.0194. The third-order valence-corrected chi connectivity index (χ3v) is 31.2. The number of nitrogens with zero attached hydrogens (tertiary/aromatic N) is 18. The van der Waals surface area contributed by atoms with Gasteiger partial charge < -0.3 is 72.0 Å². The van der Waals surface area contributed by atoms with Gasteiger partial charge in [0.1, 0.15) is 43.9 Å². The van der Waals surface area contributed by atoms with Crippen molar-refractivity contribution in [1.29, 1.82) is 15.8 Å². The minimum absolute atomic E-state index is 0.0722. The summed E-state index contributed by atoms with van der Waals surface area (Å²) in [7, 11) is 13.7. The van der Waals surface area contributed by atoms with Crippen molar-refractivity contribution in [3.8, 4) is 18.2 Å². The van der Waals surface area contributed by atoms with Crippen molar-refractivity contribution in [3.63, 3.8) is 0 Å². The Morgan fingerprint density at radius 1 is 0.368 bits per heavy atom. The van der Waals surface area contributed by atoms with Crippen LogP contribution >= 0.6 is 11.7 Å². The molecule has 0 saturated heterocycles. The third kappa shape index (κ3) is 30.7. The maximum atomic E-state index is 12.6. The van der Waals surface area contributed by atoms with Gasteiger partial charge in [-0.25, -0.2) is 43.1 Å². The van der Waals surface area contributed by atoms with Crippen molar-refractivity contribution in [2.24, 2.45) is 0 Å². The molecule has 0 fully saturated rings. The van der Waals surface area contributed by atoms with Crippen LogP contribution in [0.1, 0.15) is 127 Å². The molecule has 42 heteroatoms. The molecule has 9 heterocycles. The van der Waals surface area contributed by atoms with E-state index in [4.69, 9.17) is 51.9 Å². The molecule has 0 bridgehead atoms. The van der Waals surface area contributed by atoms with Crippen LogP contribution in [0.15, 0.2) is 113 Å². The van der Waals surface area contributed by atoms with E-state index in [1.807, 2.05) is 42.9 Å². The normalized spacial score (nSPS) is 14.4. The molecule has 0 aliphatic carbocycles. The molecule has 0 atom stereocenters. The van der Waals surface area contributed by atoms with Gasteiger partial charge in [-0.1, -0.05) is 0 Å². The molecule has 15 rings (SSSR count). The number of likely N-dealkylation sites (N-methyl/N-ethyl adjacent to an activating group) is 3. The Morgan fingerprint density at radius 3 is 1.00 bits per heavy atom. The molecule has 6 aliphatic heterocycles. The lowest BCUT2D eigenvalue weighted by molar-refractivity contribution is -0.116. The number of ether oxygens (including phenoxy) is 9. The molecule has 6 aliphatic rings.